The van der Waals surface area contributed by atoms with E-state index in [1.807, 2.05) is 0 Å². The van der Waals surface area contributed by atoms with Crippen molar-refractivity contribution < 1.29 is 0 Å². The van der Waals surface area contributed by atoms with Crippen LogP contribution in [-0.2, 0) is 0 Å². The van der Waals surface area contributed by atoms with Crippen molar-refractivity contribution in [1.29, 1.82) is 0 Å². The van der Waals surface area contributed by atoms with E-state index in [1.54, 1.807) is 0 Å². The van der Waals surface area contributed by atoms with E-state index in [0.29, 0.717) is 5.82 Å². The quantitative estimate of drug-likeness (QED) is 0.781. The minimum absolute atomic E-state index is 0.703. The van der Waals surface area contributed by atoms with Crippen LogP contribution in [-0.4, -0.2) is 10.2 Å². The Morgan fingerprint density at radius 1 is 1.06 bits per heavy atom. The average molecular weight is 231 g/mol. The van der Waals surface area contributed by atoms with Crippen LogP contribution in [0.3, 0.4) is 0 Å². The maximum atomic E-state index is 5.89. The maximum absolute atomic E-state index is 5.89. The van der Waals surface area contributed by atoms with Crippen molar-refractivity contribution in [3.05, 3.63) is 11.3 Å². The lowest BCUT2D eigenvalue weighted by Gasteiger charge is -2.54. The van der Waals surface area contributed by atoms with Gasteiger partial charge in [0.1, 0.15) is 5.82 Å². The summed E-state index contributed by atoms with van der Waals surface area (Å²) >= 11 is 0. The highest BCUT2D eigenvalue weighted by atomic mass is 15.2. The molecular weight excluding hydrogens is 210 g/mol. The van der Waals surface area contributed by atoms with E-state index < -0.39 is 0 Å². The Hall–Kier alpha value is -0.990. The van der Waals surface area contributed by atoms with Crippen LogP contribution in [0.2, 0.25) is 0 Å². The molecule has 0 atom stereocenters. The standard InChI is InChI=1S/C14H21N3/c1-7-13(16-17-14(7)15)12-10-3-8-2-9(5-10)6-11(12)4-8/h8-12H,2-6H2,1H3,(H3,15,16,17). The average Bonchev–Trinajstić information content (AvgIpc) is 2.60. The molecule has 0 aliphatic heterocycles. The van der Waals surface area contributed by atoms with Gasteiger partial charge in [0.2, 0.25) is 0 Å². The molecule has 4 saturated carbocycles. The summed E-state index contributed by atoms with van der Waals surface area (Å²) in [4.78, 5) is 0. The second-order valence-electron chi connectivity index (χ2n) is 6.60. The van der Waals surface area contributed by atoms with Crippen molar-refractivity contribution in [2.24, 2.45) is 23.7 Å². The summed E-state index contributed by atoms with van der Waals surface area (Å²) in [5.74, 6) is 5.32. The molecule has 0 radical (unpaired) electrons. The Bertz CT molecular complexity index is 420. The van der Waals surface area contributed by atoms with Gasteiger partial charge in [-0.2, -0.15) is 5.10 Å². The van der Waals surface area contributed by atoms with E-state index in [4.69, 9.17) is 5.73 Å². The van der Waals surface area contributed by atoms with Crippen molar-refractivity contribution in [2.75, 3.05) is 5.73 Å². The molecule has 0 amide bonds. The highest BCUT2D eigenvalue weighted by molar-refractivity contribution is 5.42. The van der Waals surface area contributed by atoms with Gasteiger partial charge in [0.05, 0.1) is 0 Å². The highest BCUT2D eigenvalue weighted by Crippen LogP contribution is 2.59. The number of aromatic amines is 1. The van der Waals surface area contributed by atoms with E-state index >= 15 is 0 Å². The van der Waals surface area contributed by atoms with Crippen molar-refractivity contribution in [1.82, 2.24) is 10.2 Å². The number of nitrogens with two attached hydrogens (primary N) is 1. The summed E-state index contributed by atoms with van der Waals surface area (Å²) in [5.41, 5.74) is 8.46. The van der Waals surface area contributed by atoms with Gasteiger partial charge in [-0.15, -0.1) is 0 Å². The van der Waals surface area contributed by atoms with E-state index in [-0.39, 0.29) is 0 Å². The van der Waals surface area contributed by atoms with Crippen LogP contribution in [0.4, 0.5) is 5.82 Å². The molecular formula is C14H21N3. The van der Waals surface area contributed by atoms with E-state index in [9.17, 15) is 0 Å². The van der Waals surface area contributed by atoms with Gasteiger partial charge in [0.15, 0.2) is 0 Å². The lowest BCUT2D eigenvalue weighted by molar-refractivity contribution is -0.00436. The molecule has 1 aromatic heterocycles. The Labute approximate surface area is 102 Å². The third-order valence-electron chi connectivity index (χ3n) is 5.65. The fourth-order valence-electron chi connectivity index (χ4n) is 5.15. The summed E-state index contributed by atoms with van der Waals surface area (Å²) in [6.07, 6.45) is 7.34. The zero-order chi connectivity index (χ0) is 11.6. The largest absolute Gasteiger partial charge is 0.382 e. The number of hydrogen-bond acceptors (Lipinski definition) is 2. The third kappa shape index (κ3) is 1.31. The van der Waals surface area contributed by atoms with Crippen LogP contribution < -0.4 is 5.73 Å². The molecule has 1 heterocycles. The number of anilines is 1. The van der Waals surface area contributed by atoms with Crippen LogP contribution in [0, 0.1) is 30.6 Å². The second kappa shape index (κ2) is 3.27. The lowest BCUT2D eigenvalue weighted by Crippen LogP contribution is -2.44. The summed E-state index contributed by atoms with van der Waals surface area (Å²) in [5, 5.41) is 7.43. The first-order chi connectivity index (χ1) is 8.22. The van der Waals surface area contributed by atoms with Gasteiger partial charge in [-0.25, -0.2) is 0 Å². The van der Waals surface area contributed by atoms with Crippen LogP contribution in [0.15, 0.2) is 0 Å². The molecule has 0 unspecified atom stereocenters. The molecule has 0 aromatic carbocycles. The van der Waals surface area contributed by atoms with E-state index in [2.05, 4.69) is 17.1 Å². The maximum Gasteiger partial charge on any atom is 0.148 e. The van der Waals surface area contributed by atoms with E-state index in [0.717, 1.165) is 29.6 Å². The number of nitrogens with zero attached hydrogens (tertiary/aromatic N) is 1. The van der Waals surface area contributed by atoms with Gasteiger partial charge in [0, 0.05) is 17.2 Å². The Balaban J connectivity index is 1.73. The minimum Gasteiger partial charge on any atom is -0.382 e. The number of H-pyrrole nitrogens is 1. The number of hydrogen-bond donors (Lipinski definition) is 2. The highest BCUT2D eigenvalue weighted by Gasteiger charge is 2.49. The van der Waals surface area contributed by atoms with Gasteiger partial charge >= 0.3 is 0 Å². The van der Waals surface area contributed by atoms with Gasteiger partial charge in [-0.05, 0) is 62.7 Å². The second-order valence-corrected chi connectivity index (χ2v) is 6.60. The molecule has 4 aliphatic rings. The van der Waals surface area contributed by atoms with Gasteiger partial charge < -0.3 is 5.73 Å². The summed E-state index contributed by atoms with van der Waals surface area (Å²) in [6, 6.07) is 0. The predicted molar refractivity (Wildman–Crippen MR) is 67.5 cm³/mol. The molecule has 3 heteroatoms. The Morgan fingerprint density at radius 2 is 1.65 bits per heavy atom. The third-order valence-corrected chi connectivity index (χ3v) is 5.65. The lowest BCUT2D eigenvalue weighted by atomic mass is 9.51. The summed E-state index contributed by atoms with van der Waals surface area (Å²) < 4.78 is 0. The van der Waals surface area contributed by atoms with Gasteiger partial charge in [-0.3, -0.25) is 5.10 Å². The molecule has 4 bridgehead atoms. The Kier molecular flexibility index (Phi) is 1.92. The first-order valence-electron chi connectivity index (χ1n) is 7.02. The first kappa shape index (κ1) is 9.98. The van der Waals surface area contributed by atoms with Gasteiger partial charge in [-0.1, -0.05) is 0 Å². The number of nitrogen functional groups attached to an aromatic ring is 1. The molecule has 17 heavy (non-hydrogen) atoms. The predicted octanol–water partition coefficient (Wildman–Crippen LogP) is 2.84. The Morgan fingerprint density at radius 3 is 2.12 bits per heavy atom. The number of aromatic nitrogens is 2. The van der Waals surface area contributed by atoms with Crippen molar-refractivity contribution >= 4 is 5.82 Å². The molecule has 3 N–H and O–H groups in total. The molecule has 5 rings (SSSR count). The minimum atomic E-state index is 0.703. The monoisotopic (exact) mass is 231 g/mol. The zero-order valence-electron chi connectivity index (χ0n) is 10.4. The van der Waals surface area contributed by atoms with Crippen molar-refractivity contribution in [2.45, 2.75) is 44.9 Å². The topological polar surface area (TPSA) is 54.7 Å². The molecule has 4 fully saturated rings. The van der Waals surface area contributed by atoms with Crippen molar-refractivity contribution in [3.8, 4) is 0 Å². The summed E-state index contributed by atoms with van der Waals surface area (Å²) in [6.45, 7) is 2.12. The van der Waals surface area contributed by atoms with Gasteiger partial charge in [0.25, 0.3) is 0 Å². The summed E-state index contributed by atoms with van der Waals surface area (Å²) in [7, 11) is 0. The number of rotatable bonds is 1. The molecule has 0 saturated heterocycles. The van der Waals surface area contributed by atoms with Crippen LogP contribution in [0.25, 0.3) is 0 Å². The molecule has 92 valence electrons. The van der Waals surface area contributed by atoms with Crippen LogP contribution in [0.5, 0.6) is 0 Å². The SMILES string of the molecule is Cc1c(N)n[nH]c1C1C2CC3CC(C2)CC1C3. The molecule has 4 aliphatic carbocycles. The van der Waals surface area contributed by atoms with Crippen LogP contribution >= 0.6 is 0 Å². The normalized spacial score (nSPS) is 43.2. The van der Waals surface area contributed by atoms with E-state index in [1.165, 1.54) is 43.4 Å². The fraction of sp³-hybridized carbons (Fsp3) is 0.786. The van der Waals surface area contributed by atoms with Crippen molar-refractivity contribution in [3.63, 3.8) is 0 Å². The van der Waals surface area contributed by atoms with Crippen LogP contribution in [0.1, 0.15) is 49.3 Å². The zero-order valence-corrected chi connectivity index (χ0v) is 10.4. The first-order valence-corrected chi connectivity index (χ1v) is 7.02. The molecule has 0 spiro atoms. The smallest absolute Gasteiger partial charge is 0.148 e. The number of nitrogens with one attached hydrogen (secondary N) is 1. The fourth-order valence-corrected chi connectivity index (χ4v) is 5.15. The molecule has 1 aromatic rings. The molecule has 3 nitrogen and oxygen atoms in total.